The van der Waals surface area contributed by atoms with Crippen LogP contribution in [0, 0.1) is 13.8 Å². The number of nitrogens with zero attached hydrogens (tertiary/aromatic N) is 3. The number of anilines is 1. The highest BCUT2D eigenvalue weighted by Crippen LogP contribution is 2.39. The molecule has 0 N–H and O–H groups in total. The van der Waals surface area contributed by atoms with Crippen molar-refractivity contribution in [2.45, 2.75) is 26.9 Å². The van der Waals surface area contributed by atoms with Crippen molar-refractivity contribution in [3.8, 4) is 0 Å². The van der Waals surface area contributed by atoms with Gasteiger partial charge in [-0.05, 0) is 44.0 Å². The molecule has 0 bridgehead atoms. The number of hydrogen-bond donors (Lipinski definition) is 0. The summed E-state index contributed by atoms with van der Waals surface area (Å²) in [6.07, 6.45) is 6.32. The van der Waals surface area contributed by atoms with Crippen molar-refractivity contribution in [3.63, 3.8) is 0 Å². The predicted octanol–water partition coefficient (Wildman–Crippen LogP) is 4.17. The zero-order valence-electron chi connectivity index (χ0n) is 13.3. The molecule has 1 aliphatic rings. The predicted molar refractivity (Wildman–Crippen MR) is 89.8 cm³/mol. The van der Waals surface area contributed by atoms with Crippen LogP contribution in [0.3, 0.4) is 0 Å². The molecule has 1 aromatic carbocycles. The Morgan fingerprint density at radius 3 is 2.59 bits per heavy atom. The molecule has 3 heterocycles. The molecule has 0 amide bonds. The number of rotatable bonds is 1. The maximum atomic E-state index is 6.23. The smallest absolute Gasteiger partial charge is 0.161 e. The van der Waals surface area contributed by atoms with Gasteiger partial charge in [0.2, 0.25) is 0 Å². The summed E-state index contributed by atoms with van der Waals surface area (Å²) in [5.74, 6) is 0. The quantitative estimate of drug-likeness (QED) is 0.674. The summed E-state index contributed by atoms with van der Waals surface area (Å²) in [7, 11) is 2.08. The van der Waals surface area contributed by atoms with Crippen LogP contribution in [0.4, 0.5) is 5.69 Å². The van der Waals surface area contributed by atoms with E-state index < -0.39 is 0 Å². The molecule has 22 heavy (non-hydrogen) atoms. The van der Waals surface area contributed by atoms with E-state index in [0.29, 0.717) is 0 Å². The summed E-state index contributed by atoms with van der Waals surface area (Å²) < 4.78 is 6.23. The normalized spacial score (nSPS) is 18.1. The van der Waals surface area contributed by atoms with Gasteiger partial charge in [-0.3, -0.25) is 4.98 Å². The Kier molecular flexibility index (Phi) is 2.70. The first-order chi connectivity index (χ1) is 10.6. The Morgan fingerprint density at radius 1 is 1.05 bits per heavy atom. The second kappa shape index (κ2) is 4.50. The van der Waals surface area contributed by atoms with Gasteiger partial charge in [0, 0.05) is 31.0 Å². The number of hydrogen-bond acceptors (Lipinski definition) is 4. The molecule has 0 spiro atoms. The van der Waals surface area contributed by atoms with Crippen LogP contribution in [0.5, 0.6) is 0 Å². The Hall–Kier alpha value is -2.49. The topological polar surface area (TPSA) is 32.5 Å². The molecule has 1 aliphatic heterocycles. The molecule has 1 atom stereocenters. The van der Waals surface area contributed by atoms with E-state index >= 15 is 0 Å². The van der Waals surface area contributed by atoms with E-state index in [2.05, 4.69) is 67.1 Å². The number of aromatic nitrogens is 1. The highest BCUT2D eigenvalue weighted by molar-refractivity contribution is 6.08. The zero-order chi connectivity index (χ0) is 15.4. The molecule has 0 saturated heterocycles. The second-order valence-corrected chi connectivity index (χ2v) is 6.02. The van der Waals surface area contributed by atoms with Crippen molar-refractivity contribution in [2.75, 3.05) is 11.9 Å². The minimum Gasteiger partial charge on any atom is -0.452 e. The number of fused-ring (bicyclic) bond motifs is 3. The highest BCUT2D eigenvalue weighted by Gasteiger charge is 2.25. The first kappa shape index (κ1) is 13.2. The molecule has 0 fully saturated rings. The van der Waals surface area contributed by atoms with Crippen LogP contribution >= 0.6 is 0 Å². The molecule has 3 aromatic rings. The molecule has 4 heteroatoms. The highest BCUT2D eigenvalue weighted by atomic mass is 16.3. The standard InChI is InChI=1S/C18H19N3O/c1-11-5-6-14-15-17(12(2)7-8-19-15)22-18(14)16(11)21-10-9-20(4)13(21)3/h5-10,13H,1-4H3. The summed E-state index contributed by atoms with van der Waals surface area (Å²) in [5.41, 5.74) is 6.20. The lowest BCUT2D eigenvalue weighted by Gasteiger charge is -2.28. The van der Waals surface area contributed by atoms with Crippen LogP contribution in [-0.4, -0.2) is 23.1 Å². The summed E-state index contributed by atoms with van der Waals surface area (Å²) in [6.45, 7) is 6.37. The van der Waals surface area contributed by atoms with Crippen molar-refractivity contribution in [2.24, 2.45) is 0 Å². The maximum absolute atomic E-state index is 6.23. The summed E-state index contributed by atoms with van der Waals surface area (Å²) in [6, 6.07) is 6.25. The molecule has 2 aromatic heterocycles. The van der Waals surface area contributed by atoms with Crippen LogP contribution in [-0.2, 0) is 0 Å². The van der Waals surface area contributed by atoms with E-state index in [0.717, 1.165) is 33.3 Å². The molecular formula is C18H19N3O. The fourth-order valence-electron chi connectivity index (χ4n) is 3.13. The lowest BCUT2D eigenvalue weighted by molar-refractivity contribution is 0.383. The number of pyridine rings is 1. The lowest BCUT2D eigenvalue weighted by atomic mass is 10.1. The maximum Gasteiger partial charge on any atom is 0.161 e. The monoisotopic (exact) mass is 293 g/mol. The molecule has 1 unspecified atom stereocenters. The van der Waals surface area contributed by atoms with Gasteiger partial charge in [0.05, 0.1) is 5.69 Å². The Bertz CT molecular complexity index is 909. The van der Waals surface area contributed by atoms with Gasteiger partial charge in [0.25, 0.3) is 0 Å². The lowest BCUT2D eigenvalue weighted by Crippen LogP contribution is -2.33. The average molecular weight is 293 g/mol. The Balaban J connectivity index is 2.06. The van der Waals surface area contributed by atoms with Crippen LogP contribution in [0.2, 0.25) is 0 Å². The SMILES string of the molecule is Cc1ccc2c(oc3c(C)ccnc32)c1N1C=CN(C)C1C. The third-order valence-electron chi connectivity index (χ3n) is 4.61. The largest absolute Gasteiger partial charge is 0.452 e. The van der Waals surface area contributed by atoms with E-state index in [1.54, 1.807) is 0 Å². The molecule has 0 radical (unpaired) electrons. The first-order valence-corrected chi connectivity index (χ1v) is 7.54. The molecule has 112 valence electrons. The van der Waals surface area contributed by atoms with E-state index in [1.165, 1.54) is 5.56 Å². The molecule has 4 nitrogen and oxygen atoms in total. The molecule has 4 rings (SSSR count). The molecular weight excluding hydrogens is 274 g/mol. The fourth-order valence-corrected chi connectivity index (χ4v) is 3.13. The third-order valence-corrected chi connectivity index (χ3v) is 4.61. The fraction of sp³-hybridized carbons (Fsp3) is 0.278. The number of furan rings is 1. The van der Waals surface area contributed by atoms with Gasteiger partial charge in [-0.1, -0.05) is 6.07 Å². The van der Waals surface area contributed by atoms with Crippen molar-refractivity contribution in [3.05, 3.63) is 47.9 Å². The van der Waals surface area contributed by atoms with Crippen molar-refractivity contribution in [1.82, 2.24) is 9.88 Å². The van der Waals surface area contributed by atoms with Crippen molar-refractivity contribution in [1.29, 1.82) is 0 Å². The van der Waals surface area contributed by atoms with Crippen LogP contribution < -0.4 is 4.90 Å². The van der Waals surface area contributed by atoms with Gasteiger partial charge >= 0.3 is 0 Å². The van der Waals surface area contributed by atoms with Gasteiger partial charge in [0.15, 0.2) is 11.2 Å². The van der Waals surface area contributed by atoms with Crippen LogP contribution in [0.25, 0.3) is 22.1 Å². The summed E-state index contributed by atoms with van der Waals surface area (Å²) in [4.78, 5) is 8.97. The zero-order valence-corrected chi connectivity index (χ0v) is 13.3. The van der Waals surface area contributed by atoms with Gasteiger partial charge in [-0.15, -0.1) is 0 Å². The molecule has 0 aliphatic carbocycles. The van der Waals surface area contributed by atoms with E-state index in [9.17, 15) is 0 Å². The van der Waals surface area contributed by atoms with E-state index in [1.807, 2.05) is 12.3 Å². The van der Waals surface area contributed by atoms with Gasteiger partial charge in [-0.2, -0.15) is 0 Å². The van der Waals surface area contributed by atoms with Crippen molar-refractivity contribution >= 4 is 27.8 Å². The summed E-state index contributed by atoms with van der Waals surface area (Å²) >= 11 is 0. The van der Waals surface area contributed by atoms with Crippen molar-refractivity contribution < 1.29 is 4.42 Å². The molecule has 0 saturated carbocycles. The minimum atomic E-state index is 0.270. The third kappa shape index (κ3) is 1.67. The minimum absolute atomic E-state index is 0.270. The first-order valence-electron chi connectivity index (χ1n) is 7.54. The Morgan fingerprint density at radius 2 is 1.86 bits per heavy atom. The van der Waals surface area contributed by atoms with Crippen LogP contribution in [0.15, 0.2) is 41.2 Å². The second-order valence-electron chi connectivity index (χ2n) is 6.02. The summed E-state index contributed by atoms with van der Waals surface area (Å²) in [5, 5.41) is 1.08. The number of aryl methyl sites for hydroxylation is 2. The van der Waals surface area contributed by atoms with Gasteiger partial charge in [0.1, 0.15) is 11.7 Å². The van der Waals surface area contributed by atoms with Gasteiger partial charge < -0.3 is 14.2 Å². The Labute approximate surface area is 129 Å². The average Bonchev–Trinajstić information content (AvgIpc) is 3.03. The number of benzene rings is 1. The van der Waals surface area contributed by atoms with Gasteiger partial charge in [-0.25, -0.2) is 0 Å². The van der Waals surface area contributed by atoms with Crippen LogP contribution in [0.1, 0.15) is 18.1 Å². The van der Waals surface area contributed by atoms with E-state index in [-0.39, 0.29) is 6.17 Å². The van der Waals surface area contributed by atoms with E-state index in [4.69, 9.17) is 4.42 Å².